The Morgan fingerprint density at radius 2 is 1.77 bits per heavy atom. The maximum absolute atomic E-state index is 13.0. The number of alkyl halides is 3. The zero-order valence-corrected chi connectivity index (χ0v) is 17.8. The summed E-state index contributed by atoms with van der Waals surface area (Å²) in [4.78, 5) is 12.5. The lowest BCUT2D eigenvalue weighted by atomic mass is 10.1. The number of carbonyl (C=O) groups excluding carboxylic acids is 1. The second kappa shape index (κ2) is 9.51. The minimum absolute atomic E-state index is 0.213. The van der Waals surface area contributed by atoms with Gasteiger partial charge >= 0.3 is 6.18 Å². The molecule has 0 fully saturated rings. The largest absolute Gasteiger partial charge is 0.416 e. The second-order valence-electron chi connectivity index (χ2n) is 7.16. The summed E-state index contributed by atoms with van der Waals surface area (Å²) in [7, 11) is -4.00. The van der Waals surface area contributed by atoms with Crippen LogP contribution in [0.2, 0.25) is 0 Å². The third-order valence-electron chi connectivity index (χ3n) is 4.58. The first-order valence-electron chi connectivity index (χ1n) is 9.39. The Kier molecular flexibility index (Phi) is 7.52. The molecule has 2 aromatic rings. The Balaban J connectivity index is 2.07. The average molecular weight is 443 g/mol. The van der Waals surface area contributed by atoms with Crippen molar-refractivity contribution in [1.29, 1.82) is 0 Å². The molecule has 0 spiro atoms. The monoisotopic (exact) mass is 442 g/mol. The number of nitrogens with one attached hydrogen (secondary N) is 1. The Bertz CT molecular complexity index is 974. The summed E-state index contributed by atoms with van der Waals surface area (Å²) in [6.07, 6.45) is -2.39. The van der Waals surface area contributed by atoms with E-state index in [1.807, 2.05) is 31.2 Å². The fourth-order valence-electron chi connectivity index (χ4n) is 3.03. The van der Waals surface area contributed by atoms with Crippen molar-refractivity contribution in [3.63, 3.8) is 0 Å². The Morgan fingerprint density at radius 3 is 2.33 bits per heavy atom. The molecule has 0 bridgehead atoms. The molecule has 0 unspecified atom stereocenters. The highest BCUT2D eigenvalue weighted by molar-refractivity contribution is 7.92. The number of rotatable bonds is 8. The molecular formula is C21H25F3N2O3S. The molecule has 164 valence electrons. The Morgan fingerprint density at radius 1 is 1.13 bits per heavy atom. The van der Waals surface area contributed by atoms with Crippen LogP contribution in [0.3, 0.4) is 0 Å². The standard InChI is InChI=1S/C21H25F3N2O3S/c1-15-9-11-17(12-10-15)6-5-13-25-20(27)16(2)26(30(3,28)29)19-8-4-7-18(14-19)21(22,23)24/h4,7-12,14,16H,5-6,13H2,1-3H3,(H,25,27)/t16-/m1/s1. The van der Waals surface area contributed by atoms with Crippen LogP contribution in [-0.4, -0.2) is 33.2 Å². The molecule has 1 amide bonds. The van der Waals surface area contributed by atoms with Gasteiger partial charge in [-0.1, -0.05) is 35.9 Å². The molecule has 1 N–H and O–H groups in total. The van der Waals surface area contributed by atoms with Gasteiger partial charge in [0, 0.05) is 6.54 Å². The van der Waals surface area contributed by atoms with Crippen molar-refractivity contribution in [3.8, 4) is 0 Å². The van der Waals surface area contributed by atoms with Crippen molar-refractivity contribution in [3.05, 3.63) is 65.2 Å². The van der Waals surface area contributed by atoms with E-state index in [1.165, 1.54) is 13.0 Å². The summed E-state index contributed by atoms with van der Waals surface area (Å²) < 4.78 is 64.2. The van der Waals surface area contributed by atoms with Crippen LogP contribution in [0, 0.1) is 6.92 Å². The van der Waals surface area contributed by atoms with Crippen LogP contribution in [0.4, 0.5) is 18.9 Å². The summed E-state index contributed by atoms with van der Waals surface area (Å²) in [6.45, 7) is 3.65. The summed E-state index contributed by atoms with van der Waals surface area (Å²) in [5, 5.41) is 2.66. The summed E-state index contributed by atoms with van der Waals surface area (Å²) in [5.74, 6) is -0.582. The summed E-state index contributed by atoms with van der Waals surface area (Å²) >= 11 is 0. The van der Waals surface area contributed by atoms with Gasteiger partial charge in [0.2, 0.25) is 15.9 Å². The van der Waals surface area contributed by atoms with E-state index in [2.05, 4.69) is 5.32 Å². The molecule has 9 heteroatoms. The first-order chi connectivity index (χ1) is 13.9. The summed E-state index contributed by atoms with van der Waals surface area (Å²) in [6, 6.07) is 10.7. The lowest BCUT2D eigenvalue weighted by Gasteiger charge is -2.28. The van der Waals surface area contributed by atoms with Gasteiger partial charge < -0.3 is 5.32 Å². The zero-order chi connectivity index (χ0) is 22.5. The van der Waals surface area contributed by atoms with Gasteiger partial charge in [0.1, 0.15) is 6.04 Å². The molecule has 1 atom stereocenters. The SMILES string of the molecule is Cc1ccc(CCCNC(=O)[C@@H](C)N(c2cccc(C(F)(F)F)c2)S(C)(=O)=O)cc1. The molecule has 30 heavy (non-hydrogen) atoms. The molecule has 5 nitrogen and oxygen atoms in total. The lowest BCUT2D eigenvalue weighted by Crippen LogP contribution is -2.48. The van der Waals surface area contributed by atoms with Crippen molar-refractivity contribution < 1.29 is 26.4 Å². The van der Waals surface area contributed by atoms with Crippen LogP contribution >= 0.6 is 0 Å². The van der Waals surface area contributed by atoms with Gasteiger partial charge in [-0.2, -0.15) is 13.2 Å². The normalized spacial score (nSPS) is 13.0. The van der Waals surface area contributed by atoms with E-state index in [4.69, 9.17) is 0 Å². The molecule has 0 aliphatic rings. The molecule has 2 aromatic carbocycles. The minimum Gasteiger partial charge on any atom is -0.354 e. The predicted molar refractivity (Wildman–Crippen MR) is 111 cm³/mol. The molecule has 0 radical (unpaired) electrons. The number of hydrogen-bond acceptors (Lipinski definition) is 3. The van der Waals surface area contributed by atoms with E-state index in [-0.39, 0.29) is 5.69 Å². The van der Waals surface area contributed by atoms with Crippen LogP contribution in [-0.2, 0) is 27.4 Å². The van der Waals surface area contributed by atoms with Gasteiger partial charge in [-0.05, 0) is 50.5 Å². The molecule has 0 aliphatic heterocycles. The van der Waals surface area contributed by atoms with Crippen molar-refractivity contribution >= 4 is 21.6 Å². The molecular weight excluding hydrogens is 417 g/mol. The number of nitrogens with zero attached hydrogens (tertiary/aromatic N) is 1. The molecule has 0 saturated heterocycles. The van der Waals surface area contributed by atoms with E-state index in [0.717, 1.165) is 42.0 Å². The molecule has 2 rings (SSSR count). The quantitative estimate of drug-likeness (QED) is 0.631. The number of carbonyl (C=O) groups is 1. The molecule has 0 aromatic heterocycles. The topological polar surface area (TPSA) is 66.5 Å². The first-order valence-corrected chi connectivity index (χ1v) is 11.2. The second-order valence-corrected chi connectivity index (χ2v) is 9.02. The lowest BCUT2D eigenvalue weighted by molar-refractivity contribution is -0.137. The maximum atomic E-state index is 13.0. The number of hydrogen-bond donors (Lipinski definition) is 1. The Hall–Kier alpha value is -2.55. The number of anilines is 1. The van der Waals surface area contributed by atoms with Crippen LogP contribution in [0.5, 0.6) is 0 Å². The smallest absolute Gasteiger partial charge is 0.354 e. The first kappa shape index (κ1) is 23.7. The number of benzene rings is 2. The third-order valence-corrected chi connectivity index (χ3v) is 5.82. The van der Waals surface area contributed by atoms with Crippen molar-refractivity contribution in [2.24, 2.45) is 0 Å². The van der Waals surface area contributed by atoms with Crippen molar-refractivity contribution in [2.45, 2.75) is 38.9 Å². The number of halogens is 3. The highest BCUT2D eigenvalue weighted by atomic mass is 32.2. The van der Waals surface area contributed by atoms with Gasteiger partial charge in [-0.25, -0.2) is 8.42 Å². The number of aryl methyl sites for hydroxylation is 2. The van der Waals surface area contributed by atoms with E-state index in [9.17, 15) is 26.4 Å². The highest BCUT2D eigenvalue weighted by Gasteiger charge is 2.33. The van der Waals surface area contributed by atoms with E-state index in [0.29, 0.717) is 17.3 Å². The average Bonchev–Trinajstić information content (AvgIpc) is 2.65. The van der Waals surface area contributed by atoms with E-state index >= 15 is 0 Å². The molecule has 0 saturated carbocycles. The van der Waals surface area contributed by atoms with Gasteiger partial charge in [0.05, 0.1) is 17.5 Å². The zero-order valence-electron chi connectivity index (χ0n) is 17.0. The van der Waals surface area contributed by atoms with Crippen LogP contribution in [0.1, 0.15) is 30.0 Å². The van der Waals surface area contributed by atoms with Gasteiger partial charge in [-0.3, -0.25) is 9.10 Å². The van der Waals surface area contributed by atoms with Crippen LogP contribution in [0.25, 0.3) is 0 Å². The number of amides is 1. The fourth-order valence-corrected chi connectivity index (χ4v) is 4.20. The minimum atomic E-state index is -4.62. The van der Waals surface area contributed by atoms with Gasteiger partial charge in [0.15, 0.2) is 0 Å². The fraction of sp³-hybridized carbons (Fsp3) is 0.381. The van der Waals surface area contributed by atoms with E-state index in [1.54, 1.807) is 0 Å². The van der Waals surface area contributed by atoms with Crippen molar-refractivity contribution in [2.75, 3.05) is 17.1 Å². The highest BCUT2D eigenvalue weighted by Crippen LogP contribution is 2.32. The van der Waals surface area contributed by atoms with E-state index < -0.39 is 33.7 Å². The number of sulfonamides is 1. The third kappa shape index (κ3) is 6.48. The van der Waals surface area contributed by atoms with Gasteiger partial charge in [0.25, 0.3) is 0 Å². The van der Waals surface area contributed by atoms with Crippen LogP contribution in [0.15, 0.2) is 48.5 Å². The van der Waals surface area contributed by atoms with Crippen LogP contribution < -0.4 is 9.62 Å². The molecule has 0 heterocycles. The van der Waals surface area contributed by atoms with Gasteiger partial charge in [-0.15, -0.1) is 0 Å². The summed E-state index contributed by atoms with van der Waals surface area (Å²) in [5.41, 5.74) is 1.06. The maximum Gasteiger partial charge on any atom is 0.416 e. The predicted octanol–water partition coefficient (Wildman–Crippen LogP) is 3.92. The van der Waals surface area contributed by atoms with Crippen molar-refractivity contribution in [1.82, 2.24) is 5.32 Å². The molecule has 0 aliphatic carbocycles. The Labute approximate surface area is 175 Å².